The first-order valence-corrected chi connectivity index (χ1v) is 12.5. The van der Waals surface area contributed by atoms with Gasteiger partial charge in [0, 0.05) is 21.7 Å². The molecule has 3 nitrogen and oxygen atoms in total. The minimum Gasteiger partial charge on any atom is -0.481 e. The van der Waals surface area contributed by atoms with Crippen LogP contribution in [-0.4, -0.2) is 24.1 Å². The van der Waals surface area contributed by atoms with Crippen LogP contribution in [0.25, 0.3) is 10.8 Å². The summed E-state index contributed by atoms with van der Waals surface area (Å²) in [6.07, 6.45) is 2.63. The minimum absolute atomic E-state index is 0.108. The molecule has 0 aromatic heterocycles. The van der Waals surface area contributed by atoms with Gasteiger partial charge < -0.3 is 9.47 Å². The number of carbonyl (C=O) groups excluding carboxylic acids is 1. The van der Waals surface area contributed by atoms with Crippen LogP contribution in [0, 0.1) is 13.8 Å². The third kappa shape index (κ3) is 4.90. The maximum atomic E-state index is 12.6. The minimum atomic E-state index is -0.716. The Labute approximate surface area is 188 Å². The van der Waals surface area contributed by atoms with Gasteiger partial charge in [0.1, 0.15) is 22.9 Å². The number of fused-ring (bicyclic) bond motifs is 1. The van der Waals surface area contributed by atoms with E-state index < -0.39 is 5.60 Å². The van der Waals surface area contributed by atoms with Crippen LogP contribution in [0.5, 0.6) is 5.75 Å². The summed E-state index contributed by atoms with van der Waals surface area (Å²) in [5.41, 5.74) is 2.59. The van der Waals surface area contributed by atoms with Gasteiger partial charge in [-0.05, 0) is 64.3 Å². The Morgan fingerprint density at radius 2 is 1.58 bits per heavy atom. The summed E-state index contributed by atoms with van der Waals surface area (Å²) >= 11 is 0. The van der Waals surface area contributed by atoms with Gasteiger partial charge in [0.25, 0.3) is 0 Å². The van der Waals surface area contributed by atoms with Crippen LogP contribution >= 0.6 is 0 Å². The molecular weight excluding hydrogens is 404 g/mol. The van der Waals surface area contributed by atoms with E-state index in [1.807, 2.05) is 26.0 Å². The lowest BCUT2D eigenvalue weighted by molar-refractivity contribution is -0.159. The van der Waals surface area contributed by atoms with Crippen molar-refractivity contribution in [3.63, 3.8) is 0 Å². The largest absolute Gasteiger partial charge is 0.481 e. The topological polar surface area (TPSA) is 35.5 Å². The first-order valence-electron chi connectivity index (χ1n) is 11.0. The molecule has 0 aliphatic carbocycles. The summed E-state index contributed by atoms with van der Waals surface area (Å²) in [6, 6.07) is 18.8. The molecular formula is C27H31O3S+. The molecule has 31 heavy (non-hydrogen) atoms. The zero-order valence-corrected chi connectivity index (χ0v) is 19.7. The van der Waals surface area contributed by atoms with Gasteiger partial charge in [0.05, 0.1) is 0 Å². The fraction of sp³-hybridized carbons (Fsp3) is 0.370. The van der Waals surface area contributed by atoms with E-state index in [4.69, 9.17) is 9.47 Å². The van der Waals surface area contributed by atoms with E-state index in [1.165, 1.54) is 34.6 Å². The van der Waals surface area contributed by atoms with Crippen LogP contribution in [0.4, 0.5) is 0 Å². The molecule has 1 aliphatic heterocycles. The van der Waals surface area contributed by atoms with Gasteiger partial charge in [-0.1, -0.05) is 47.5 Å². The van der Waals surface area contributed by atoms with Crippen molar-refractivity contribution in [3.05, 3.63) is 71.3 Å². The normalized spacial score (nSPS) is 14.7. The van der Waals surface area contributed by atoms with E-state index >= 15 is 0 Å². The number of aryl methyl sites for hydroxylation is 2. The standard InChI is InChI=1S/C27H31O3S/c1-19-15-20(2)17-21(16-19)27(3,4)30-26(28)18-29-24-11-12-25(31-13-7-8-14-31)23-10-6-5-9-22(23)24/h5-6,9-12,15-17H,7-8,13-14,18H2,1-4H3/q+1. The van der Waals surface area contributed by atoms with Gasteiger partial charge in [0.15, 0.2) is 11.5 Å². The van der Waals surface area contributed by atoms with Gasteiger partial charge in [0.2, 0.25) is 0 Å². The van der Waals surface area contributed by atoms with Gasteiger partial charge in [-0.3, -0.25) is 0 Å². The number of rotatable bonds is 6. The lowest BCUT2D eigenvalue weighted by atomic mass is 9.94. The average Bonchev–Trinajstić information content (AvgIpc) is 3.25. The van der Waals surface area contributed by atoms with Crippen molar-refractivity contribution in [2.75, 3.05) is 18.1 Å². The molecule has 0 radical (unpaired) electrons. The molecule has 0 bridgehead atoms. The Morgan fingerprint density at radius 1 is 0.935 bits per heavy atom. The summed E-state index contributed by atoms with van der Waals surface area (Å²) in [5, 5.41) is 2.31. The number of benzene rings is 3. The summed E-state index contributed by atoms with van der Waals surface area (Å²) in [6.45, 7) is 7.85. The highest BCUT2D eigenvalue weighted by atomic mass is 32.2. The van der Waals surface area contributed by atoms with Gasteiger partial charge >= 0.3 is 5.97 Å². The Balaban J connectivity index is 1.49. The van der Waals surface area contributed by atoms with E-state index in [2.05, 4.69) is 56.3 Å². The summed E-state index contributed by atoms with van der Waals surface area (Å²) in [4.78, 5) is 14.1. The second-order valence-corrected chi connectivity index (χ2v) is 11.1. The Hall–Kier alpha value is -2.46. The molecule has 0 unspecified atom stereocenters. The highest BCUT2D eigenvalue weighted by molar-refractivity contribution is 7.97. The third-order valence-electron chi connectivity index (χ3n) is 5.82. The van der Waals surface area contributed by atoms with E-state index in [0.717, 1.165) is 27.8 Å². The molecule has 0 spiro atoms. The number of hydrogen-bond acceptors (Lipinski definition) is 3. The average molecular weight is 436 g/mol. The zero-order valence-electron chi connectivity index (χ0n) is 18.9. The highest BCUT2D eigenvalue weighted by Gasteiger charge is 2.30. The maximum Gasteiger partial charge on any atom is 0.345 e. The van der Waals surface area contributed by atoms with Crippen LogP contribution < -0.4 is 4.74 Å². The van der Waals surface area contributed by atoms with E-state index in [0.29, 0.717) is 10.9 Å². The Bertz CT molecular complexity index is 1080. The van der Waals surface area contributed by atoms with Crippen molar-refractivity contribution in [3.8, 4) is 5.75 Å². The smallest absolute Gasteiger partial charge is 0.345 e. The van der Waals surface area contributed by atoms with Crippen LogP contribution in [0.2, 0.25) is 0 Å². The molecule has 162 valence electrons. The van der Waals surface area contributed by atoms with Crippen molar-refractivity contribution >= 4 is 27.6 Å². The SMILES string of the molecule is Cc1cc(C)cc(C(C)(C)OC(=O)COc2ccc([S+]3CCCC3)c3ccccc23)c1. The van der Waals surface area contributed by atoms with Gasteiger partial charge in [-0.2, -0.15) is 0 Å². The van der Waals surface area contributed by atoms with Crippen molar-refractivity contribution < 1.29 is 14.3 Å². The van der Waals surface area contributed by atoms with Crippen molar-refractivity contribution in [1.29, 1.82) is 0 Å². The molecule has 0 saturated carbocycles. The molecule has 1 heterocycles. The second kappa shape index (κ2) is 8.96. The molecule has 4 heteroatoms. The summed E-state index contributed by atoms with van der Waals surface area (Å²) < 4.78 is 11.8. The molecule has 1 aliphatic rings. The zero-order chi connectivity index (χ0) is 22.0. The van der Waals surface area contributed by atoms with Crippen LogP contribution in [-0.2, 0) is 26.0 Å². The molecule has 1 saturated heterocycles. The number of hydrogen-bond donors (Lipinski definition) is 0. The fourth-order valence-corrected chi connectivity index (χ4v) is 6.83. The van der Waals surface area contributed by atoms with E-state index in [-0.39, 0.29) is 12.6 Å². The molecule has 1 fully saturated rings. The van der Waals surface area contributed by atoms with Gasteiger partial charge in [-0.15, -0.1) is 0 Å². The molecule has 4 rings (SSSR count). The first kappa shape index (κ1) is 21.8. The van der Waals surface area contributed by atoms with Crippen LogP contribution in [0.15, 0.2) is 59.5 Å². The fourth-order valence-electron chi connectivity index (χ4n) is 4.33. The molecule has 0 atom stereocenters. The Morgan fingerprint density at radius 3 is 2.26 bits per heavy atom. The second-order valence-electron chi connectivity index (χ2n) is 8.87. The highest BCUT2D eigenvalue weighted by Crippen LogP contribution is 2.35. The summed E-state index contributed by atoms with van der Waals surface area (Å²) in [5.74, 6) is 2.94. The van der Waals surface area contributed by atoms with Crippen LogP contribution in [0.1, 0.15) is 43.4 Å². The molecule has 0 amide bonds. The molecule has 3 aromatic rings. The molecule has 3 aromatic carbocycles. The van der Waals surface area contributed by atoms with Crippen LogP contribution in [0.3, 0.4) is 0 Å². The van der Waals surface area contributed by atoms with Crippen molar-refractivity contribution in [2.24, 2.45) is 0 Å². The lowest BCUT2D eigenvalue weighted by Crippen LogP contribution is -2.28. The third-order valence-corrected chi connectivity index (χ3v) is 8.36. The predicted octanol–water partition coefficient (Wildman–Crippen LogP) is 6.08. The number of ether oxygens (including phenoxy) is 2. The quantitative estimate of drug-likeness (QED) is 0.347. The van der Waals surface area contributed by atoms with Gasteiger partial charge in [-0.25, -0.2) is 4.79 Å². The summed E-state index contributed by atoms with van der Waals surface area (Å²) in [7, 11) is 0.328. The molecule has 0 N–H and O–H groups in total. The lowest BCUT2D eigenvalue weighted by Gasteiger charge is -2.26. The number of carbonyl (C=O) groups is 1. The monoisotopic (exact) mass is 435 g/mol. The van der Waals surface area contributed by atoms with E-state index in [1.54, 1.807) is 0 Å². The first-order chi connectivity index (χ1) is 14.8. The number of esters is 1. The Kier molecular flexibility index (Phi) is 6.29. The van der Waals surface area contributed by atoms with E-state index in [9.17, 15) is 4.79 Å². The predicted molar refractivity (Wildman–Crippen MR) is 129 cm³/mol. The van der Waals surface area contributed by atoms with Crippen molar-refractivity contribution in [1.82, 2.24) is 0 Å². The van der Waals surface area contributed by atoms with Crippen molar-refractivity contribution in [2.45, 2.75) is 51.0 Å². The maximum absolute atomic E-state index is 12.6.